The number of nitrogens with two attached hydrogens (primary N) is 1. The maximum absolute atomic E-state index is 14.1. The molecule has 1 unspecified atom stereocenters. The van der Waals surface area contributed by atoms with E-state index in [0.717, 1.165) is 10.0 Å². The van der Waals surface area contributed by atoms with E-state index in [1.807, 2.05) is 42.3 Å². The van der Waals surface area contributed by atoms with Crippen molar-refractivity contribution in [2.45, 2.75) is 12.6 Å². The predicted octanol–water partition coefficient (Wildman–Crippen LogP) is 4.37. The first-order chi connectivity index (χ1) is 10.0. The van der Waals surface area contributed by atoms with Crippen LogP contribution >= 0.6 is 27.5 Å². The lowest BCUT2D eigenvalue weighted by atomic mass is 10.0. The molecule has 0 fully saturated rings. The Kier molecular flexibility index (Phi) is 5.76. The van der Waals surface area contributed by atoms with E-state index in [4.69, 9.17) is 17.3 Å². The van der Waals surface area contributed by atoms with Gasteiger partial charge >= 0.3 is 0 Å². The van der Waals surface area contributed by atoms with Crippen LogP contribution in [0.2, 0.25) is 5.02 Å². The minimum Gasteiger partial charge on any atom is -0.329 e. The highest BCUT2D eigenvalue weighted by Gasteiger charge is 2.19. The Morgan fingerprint density at radius 3 is 2.48 bits per heavy atom. The van der Waals surface area contributed by atoms with Crippen LogP contribution in [0.1, 0.15) is 17.2 Å². The molecule has 2 rings (SSSR count). The second-order valence-electron chi connectivity index (χ2n) is 4.96. The summed E-state index contributed by atoms with van der Waals surface area (Å²) in [5.74, 6) is -0.247. The van der Waals surface area contributed by atoms with Crippen molar-refractivity contribution >= 4 is 27.5 Å². The van der Waals surface area contributed by atoms with Crippen molar-refractivity contribution in [1.82, 2.24) is 4.90 Å². The van der Waals surface area contributed by atoms with Crippen molar-refractivity contribution in [3.05, 3.63) is 68.9 Å². The molecular weight excluding hydrogens is 355 g/mol. The maximum atomic E-state index is 14.1. The molecule has 0 heterocycles. The Bertz CT molecular complexity index is 604. The van der Waals surface area contributed by atoms with Gasteiger partial charge in [-0.15, -0.1) is 0 Å². The molecule has 0 saturated carbocycles. The van der Waals surface area contributed by atoms with Gasteiger partial charge in [0.15, 0.2) is 0 Å². The molecule has 0 radical (unpaired) electrons. The average Bonchev–Trinajstić information content (AvgIpc) is 2.44. The Morgan fingerprint density at radius 2 is 1.90 bits per heavy atom. The van der Waals surface area contributed by atoms with E-state index in [2.05, 4.69) is 15.9 Å². The first kappa shape index (κ1) is 16.4. The van der Waals surface area contributed by atoms with Crippen LogP contribution in [0.5, 0.6) is 0 Å². The van der Waals surface area contributed by atoms with E-state index < -0.39 is 0 Å². The van der Waals surface area contributed by atoms with E-state index in [9.17, 15) is 4.39 Å². The van der Waals surface area contributed by atoms with Crippen LogP contribution in [0.15, 0.2) is 46.9 Å². The van der Waals surface area contributed by atoms with Gasteiger partial charge in [-0.1, -0.05) is 45.7 Å². The quantitative estimate of drug-likeness (QED) is 0.845. The second-order valence-corrected chi connectivity index (χ2v) is 6.31. The molecule has 112 valence electrons. The molecule has 0 aliphatic heterocycles. The molecule has 0 bridgehead atoms. The van der Waals surface area contributed by atoms with Gasteiger partial charge in [-0.2, -0.15) is 0 Å². The number of hydrogen-bond acceptors (Lipinski definition) is 2. The molecule has 0 aliphatic carbocycles. The number of likely N-dealkylation sites (N-methyl/N-ethyl adjacent to an activating group) is 1. The molecule has 0 aromatic heterocycles. The molecule has 1 atom stereocenters. The number of rotatable bonds is 5. The van der Waals surface area contributed by atoms with Crippen molar-refractivity contribution in [2.75, 3.05) is 13.6 Å². The fraction of sp³-hybridized carbons (Fsp3) is 0.250. The van der Waals surface area contributed by atoms with Crippen LogP contribution in [0, 0.1) is 5.82 Å². The van der Waals surface area contributed by atoms with Crippen LogP contribution in [-0.2, 0) is 6.54 Å². The van der Waals surface area contributed by atoms with Gasteiger partial charge in [0.05, 0.1) is 0 Å². The Labute approximate surface area is 137 Å². The van der Waals surface area contributed by atoms with Gasteiger partial charge in [0.2, 0.25) is 0 Å². The van der Waals surface area contributed by atoms with E-state index in [1.54, 1.807) is 6.07 Å². The summed E-state index contributed by atoms with van der Waals surface area (Å²) in [4.78, 5) is 2.04. The van der Waals surface area contributed by atoms with Crippen molar-refractivity contribution in [2.24, 2.45) is 5.73 Å². The zero-order valence-electron chi connectivity index (χ0n) is 11.7. The highest BCUT2D eigenvalue weighted by atomic mass is 79.9. The van der Waals surface area contributed by atoms with Gasteiger partial charge in [0, 0.05) is 34.2 Å². The molecule has 0 amide bonds. The fourth-order valence-electron chi connectivity index (χ4n) is 2.30. The average molecular weight is 372 g/mol. The third-order valence-corrected chi connectivity index (χ3v) is 4.17. The Morgan fingerprint density at radius 1 is 1.24 bits per heavy atom. The zero-order valence-corrected chi connectivity index (χ0v) is 14.0. The number of hydrogen-bond donors (Lipinski definition) is 1. The molecule has 5 heteroatoms. The first-order valence-corrected chi connectivity index (χ1v) is 7.78. The molecule has 0 saturated heterocycles. The smallest absolute Gasteiger partial charge is 0.129 e. The van der Waals surface area contributed by atoms with E-state index in [0.29, 0.717) is 23.7 Å². The van der Waals surface area contributed by atoms with Crippen LogP contribution in [0.25, 0.3) is 0 Å². The van der Waals surface area contributed by atoms with Crippen LogP contribution in [0.4, 0.5) is 4.39 Å². The lowest BCUT2D eigenvalue weighted by Crippen LogP contribution is -2.30. The van der Waals surface area contributed by atoms with Crippen LogP contribution < -0.4 is 5.73 Å². The van der Waals surface area contributed by atoms with Crippen LogP contribution in [0.3, 0.4) is 0 Å². The molecule has 0 aliphatic rings. The van der Waals surface area contributed by atoms with Crippen molar-refractivity contribution < 1.29 is 4.39 Å². The Balaban J connectivity index is 2.18. The van der Waals surface area contributed by atoms with Gasteiger partial charge in [-0.3, -0.25) is 4.90 Å². The summed E-state index contributed by atoms with van der Waals surface area (Å²) in [6.45, 7) is 1.02. The Hall–Kier alpha value is -0.940. The number of halogens is 3. The summed E-state index contributed by atoms with van der Waals surface area (Å²) in [5.41, 5.74) is 7.57. The topological polar surface area (TPSA) is 29.3 Å². The minimum absolute atomic E-state index is 0.172. The first-order valence-electron chi connectivity index (χ1n) is 6.61. The largest absolute Gasteiger partial charge is 0.329 e. The lowest BCUT2D eigenvalue weighted by molar-refractivity contribution is 0.236. The summed E-state index contributed by atoms with van der Waals surface area (Å²) < 4.78 is 14.8. The summed E-state index contributed by atoms with van der Waals surface area (Å²) in [6, 6.07) is 12.5. The highest BCUT2D eigenvalue weighted by Crippen LogP contribution is 2.25. The van der Waals surface area contributed by atoms with E-state index >= 15 is 0 Å². The minimum atomic E-state index is -0.247. The SMILES string of the molecule is CN(Cc1ccc(Cl)cc1)C(CN)c1ccc(Br)cc1F. The number of benzene rings is 2. The molecule has 2 N–H and O–H groups in total. The van der Waals surface area contributed by atoms with Gasteiger partial charge < -0.3 is 5.73 Å². The molecule has 21 heavy (non-hydrogen) atoms. The summed E-state index contributed by atoms with van der Waals surface area (Å²) in [6.07, 6.45) is 0. The van der Waals surface area contributed by atoms with Crippen molar-refractivity contribution in [1.29, 1.82) is 0 Å². The molecule has 2 nitrogen and oxygen atoms in total. The highest BCUT2D eigenvalue weighted by molar-refractivity contribution is 9.10. The summed E-state index contributed by atoms with van der Waals surface area (Å²) in [5, 5.41) is 0.704. The van der Waals surface area contributed by atoms with E-state index in [-0.39, 0.29) is 11.9 Å². The van der Waals surface area contributed by atoms with Crippen LogP contribution in [-0.4, -0.2) is 18.5 Å². The predicted molar refractivity (Wildman–Crippen MR) is 88.8 cm³/mol. The fourth-order valence-corrected chi connectivity index (χ4v) is 2.76. The summed E-state index contributed by atoms with van der Waals surface area (Å²) >= 11 is 9.15. The standard InChI is InChI=1S/C16H17BrClFN2/c1-21(10-11-2-5-13(18)6-3-11)16(9-20)14-7-4-12(17)8-15(14)19/h2-8,16H,9-10,20H2,1H3. The van der Waals surface area contributed by atoms with Crippen molar-refractivity contribution in [3.8, 4) is 0 Å². The molecule has 2 aromatic rings. The number of nitrogens with zero attached hydrogens (tertiary/aromatic N) is 1. The van der Waals surface area contributed by atoms with Gasteiger partial charge in [0.1, 0.15) is 5.82 Å². The van der Waals surface area contributed by atoms with Gasteiger partial charge in [-0.05, 0) is 36.9 Å². The van der Waals surface area contributed by atoms with Gasteiger partial charge in [-0.25, -0.2) is 4.39 Å². The van der Waals surface area contributed by atoms with E-state index in [1.165, 1.54) is 6.07 Å². The molecule has 2 aromatic carbocycles. The maximum Gasteiger partial charge on any atom is 0.129 e. The normalized spacial score (nSPS) is 12.7. The molecule has 0 spiro atoms. The summed E-state index contributed by atoms with van der Waals surface area (Å²) in [7, 11) is 1.94. The second kappa shape index (κ2) is 7.36. The van der Waals surface area contributed by atoms with Crippen molar-refractivity contribution in [3.63, 3.8) is 0 Å². The lowest BCUT2D eigenvalue weighted by Gasteiger charge is -2.27. The van der Waals surface area contributed by atoms with Gasteiger partial charge in [0.25, 0.3) is 0 Å². The third-order valence-electron chi connectivity index (χ3n) is 3.42. The third kappa shape index (κ3) is 4.27. The zero-order chi connectivity index (χ0) is 15.4. The molecular formula is C16H17BrClFN2. The monoisotopic (exact) mass is 370 g/mol.